The first-order valence-electron chi connectivity index (χ1n) is 5.75. The molecule has 1 saturated heterocycles. The highest BCUT2D eigenvalue weighted by atomic mass is 31.2. The Kier molecular flexibility index (Phi) is 4.60. The summed E-state index contributed by atoms with van der Waals surface area (Å²) in [7, 11) is -3.58. The average molecular weight is 280 g/mol. The number of carbonyl (C=O) groups is 1. The van der Waals surface area contributed by atoms with Gasteiger partial charge in [0.05, 0.1) is 18.6 Å². The van der Waals surface area contributed by atoms with E-state index in [0.717, 1.165) is 0 Å². The minimum absolute atomic E-state index is 0.195. The smallest absolute Gasteiger partial charge is 0.437 e. The lowest BCUT2D eigenvalue weighted by Crippen LogP contribution is -2.30. The first kappa shape index (κ1) is 15.6. The molecular formula is C11H21O6P. The summed E-state index contributed by atoms with van der Waals surface area (Å²) in [6, 6.07) is 0. The molecule has 1 aliphatic heterocycles. The lowest BCUT2D eigenvalue weighted by Gasteiger charge is -2.32. The second kappa shape index (κ2) is 5.29. The summed E-state index contributed by atoms with van der Waals surface area (Å²) >= 11 is 0. The van der Waals surface area contributed by atoms with Gasteiger partial charge in [0.2, 0.25) is 6.79 Å². The molecule has 0 amide bonds. The maximum Gasteiger partial charge on any atom is 0.477 e. The molecule has 1 aliphatic rings. The van der Waals surface area contributed by atoms with Crippen molar-refractivity contribution in [1.29, 1.82) is 0 Å². The molecule has 0 aromatic rings. The number of rotatable bonds is 3. The molecule has 1 fully saturated rings. The molecular weight excluding hydrogens is 259 g/mol. The third-order valence-electron chi connectivity index (χ3n) is 2.24. The zero-order chi connectivity index (χ0) is 14.0. The van der Waals surface area contributed by atoms with Crippen LogP contribution >= 0.6 is 7.82 Å². The van der Waals surface area contributed by atoms with E-state index < -0.39 is 26.0 Å². The van der Waals surface area contributed by atoms with E-state index in [1.807, 2.05) is 13.8 Å². The van der Waals surface area contributed by atoms with Gasteiger partial charge in [0.1, 0.15) is 0 Å². The van der Waals surface area contributed by atoms with Crippen LogP contribution in [-0.2, 0) is 27.7 Å². The van der Waals surface area contributed by atoms with E-state index in [1.54, 1.807) is 20.8 Å². The molecule has 0 aromatic heterocycles. The van der Waals surface area contributed by atoms with Crippen LogP contribution < -0.4 is 0 Å². The van der Waals surface area contributed by atoms with Gasteiger partial charge in [-0.15, -0.1) is 0 Å². The largest absolute Gasteiger partial charge is 0.477 e. The Hall–Kier alpha value is -0.420. The van der Waals surface area contributed by atoms with Crippen LogP contribution in [0.3, 0.4) is 0 Å². The topological polar surface area (TPSA) is 71.1 Å². The predicted molar refractivity (Wildman–Crippen MR) is 64.8 cm³/mol. The van der Waals surface area contributed by atoms with Crippen LogP contribution in [0.5, 0.6) is 0 Å². The zero-order valence-electron chi connectivity index (χ0n) is 11.5. The van der Waals surface area contributed by atoms with E-state index in [-0.39, 0.29) is 18.6 Å². The van der Waals surface area contributed by atoms with Crippen molar-refractivity contribution in [2.75, 3.05) is 20.0 Å². The predicted octanol–water partition coefficient (Wildman–Crippen LogP) is 2.73. The van der Waals surface area contributed by atoms with Gasteiger partial charge in [-0.25, -0.2) is 9.09 Å². The molecule has 18 heavy (non-hydrogen) atoms. The number of esters is 1. The first-order valence-corrected chi connectivity index (χ1v) is 7.21. The summed E-state index contributed by atoms with van der Waals surface area (Å²) in [5.41, 5.74) is -0.826. The van der Waals surface area contributed by atoms with E-state index in [1.165, 1.54) is 0 Å². The summed E-state index contributed by atoms with van der Waals surface area (Å²) in [6.45, 7) is 9.11. The Balaban J connectivity index is 2.37. The average Bonchev–Trinajstić information content (AvgIpc) is 2.22. The third-order valence-corrected chi connectivity index (χ3v) is 3.55. The van der Waals surface area contributed by atoms with E-state index in [9.17, 15) is 9.36 Å². The third kappa shape index (κ3) is 4.69. The molecule has 0 N–H and O–H groups in total. The van der Waals surface area contributed by atoms with Crippen molar-refractivity contribution in [3.05, 3.63) is 0 Å². The highest BCUT2D eigenvalue weighted by Crippen LogP contribution is 2.54. The summed E-state index contributed by atoms with van der Waals surface area (Å²) in [4.78, 5) is 11.4. The van der Waals surface area contributed by atoms with Gasteiger partial charge in [0.25, 0.3) is 0 Å². The van der Waals surface area contributed by atoms with Crippen molar-refractivity contribution in [2.24, 2.45) is 10.8 Å². The Bertz CT molecular complexity index is 343. The molecule has 0 unspecified atom stereocenters. The van der Waals surface area contributed by atoms with Crippen LogP contribution in [0.1, 0.15) is 34.6 Å². The van der Waals surface area contributed by atoms with Gasteiger partial charge in [-0.3, -0.25) is 13.8 Å². The molecule has 0 aliphatic carbocycles. The zero-order valence-corrected chi connectivity index (χ0v) is 12.4. The summed E-state index contributed by atoms with van der Waals surface area (Å²) in [5, 5.41) is 0. The number of carbonyl (C=O) groups excluding carboxylic acids is 1. The fourth-order valence-corrected chi connectivity index (χ4v) is 2.44. The van der Waals surface area contributed by atoms with E-state index >= 15 is 0 Å². The van der Waals surface area contributed by atoms with Crippen molar-refractivity contribution in [1.82, 2.24) is 0 Å². The van der Waals surface area contributed by atoms with Crippen LogP contribution in [0.15, 0.2) is 0 Å². The Morgan fingerprint density at radius 2 is 1.78 bits per heavy atom. The van der Waals surface area contributed by atoms with Crippen LogP contribution in [0.25, 0.3) is 0 Å². The minimum atomic E-state index is -3.58. The van der Waals surface area contributed by atoms with Crippen LogP contribution in [0.4, 0.5) is 0 Å². The molecule has 0 aromatic carbocycles. The quantitative estimate of drug-likeness (QED) is 0.449. The lowest BCUT2D eigenvalue weighted by molar-refractivity contribution is -0.161. The molecule has 0 radical (unpaired) electrons. The molecule has 0 bridgehead atoms. The van der Waals surface area contributed by atoms with Gasteiger partial charge >= 0.3 is 13.8 Å². The summed E-state index contributed by atoms with van der Waals surface area (Å²) < 4.78 is 31.8. The first-order chi connectivity index (χ1) is 8.04. The molecule has 106 valence electrons. The molecule has 7 heteroatoms. The van der Waals surface area contributed by atoms with Crippen molar-refractivity contribution >= 4 is 13.8 Å². The van der Waals surface area contributed by atoms with Crippen molar-refractivity contribution in [2.45, 2.75) is 34.6 Å². The number of hydrogen-bond acceptors (Lipinski definition) is 6. The molecule has 0 spiro atoms. The highest BCUT2D eigenvalue weighted by molar-refractivity contribution is 7.48. The standard InChI is InChI=1S/C11H21O6P/c1-10(2,3)9(12)14-8-17-18(13)15-6-11(4,5)7-16-18/h6-8H2,1-5H3. The van der Waals surface area contributed by atoms with Gasteiger partial charge < -0.3 is 4.74 Å². The second-order valence-electron chi connectivity index (χ2n) is 6.09. The number of phosphoric ester groups is 1. The minimum Gasteiger partial charge on any atom is -0.437 e. The van der Waals surface area contributed by atoms with Gasteiger partial charge in [-0.05, 0) is 20.8 Å². The number of ether oxygens (including phenoxy) is 1. The number of hydrogen-bond donors (Lipinski definition) is 0. The maximum atomic E-state index is 11.9. The lowest BCUT2D eigenvalue weighted by atomic mass is 9.97. The van der Waals surface area contributed by atoms with Gasteiger partial charge in [0, 0.05) is 5.41 Å². The van der Waals surface area contributed by atoms with E-state index in [2.05, 4.69) is 0 Å². The monoisotopic (exact) mass is 280 g/mol. The fraction of sp³-hybridized carbons (Fsp3) is 0.909. The number of phosphoric acid groups is 1. The fourth-order valence-electron chi connectivity index (χ4n) is 1.02. The molecule has 6 nitrogen and oxygen atoms in total. The SMILES string of the molecule is CC1(C)COP(=O)(OCOC(=O)C(C)(C)C)OC1. The Labute approximate surface area is 108 Å². The Morgan fingerprint density at radius 1 is 1.28 bits per heavy atom. The van der Waals surface area contributed by atoms with Crippen molar-refractivity contribution < 1.29 is 27.7 Å². The van der Waals surface area contributed by atoms with Crippen LogP contribution in [-0.4, -0.2) is 26.0 Å². The van der Waals surface area contributed by atoms with Gasteiger partial charge in [-0.1, -0.05) is 13.8 Å². The highest BCUT2D eigenvalue weighted by Gasteiger charge is 2.38. The molecule has 1 rings (SSSR count). The molecule has 0 saturated carbocycles. The maximum absolute atomic E-state index is 11.9. The van der Waals surface area contributed by atoms with Gasteiger partial charge in [0.15, 0.2) is 0 Å². The van der Waals surface area contributed by atoms with E-state index in [4.69, 9.17) is 18.3 Å². The van der Waals surface area contributed by atoms with Crippen LogP contribution in [0.2, 0.25) is 0 Å². The van der Waals surface area contributed by atoms with E-state index in [0.29, 0.717) is 0 Å². The van der Waals surface area contributed by atoms with Crippen molar-refractivity contribution in [3.8, 4) is 0 Å². The van der Waals surface area contributed by atoms with Gasteiger partial charge in [-0.2, -0.15) is 0 Å². The van der Waals surface area contributed by atoms with Crippen molar-refractivity contribution in [3.63, 3.8) is 0 Å². The summed E-state index contributed by atoms with van der Waals surface area (Å²) in [6.07, 6.45) is 0. The second-order valence-corrected chi connectivity index (χ2v) is 7.76. The van der Waals surface area contributed by atoms with Crippen LogP contribution in [0, 0.1) is 10.8 Å². The molecule has 0 atom stereocenters. The molecule has 1 heterocycles. The summed E-state index contributed by atoms with van der Waals surface area (Å²) in [5.74, 6) is -0.438. The Morgan fingerprint density at radius 3 is 2.22 bits per heavy atom. The normalized spacial score (nSPS) is 22.5.